The molecule has 2 aromatic rings. The Kier molecular flexibility index (Phi) is 6.21. The first kappa shape index (κ1) is 19.1. The van der Waals surface area contributed by atoms with E-state index in [2.05, 4.69) is 5.16 Å². The first-order chi connectivity index (χ1) is 13.1. The van der Waals surface area contributed by atoms with E-state index >= 15 is 0 Å². The van der Waals surface area contributed by atoms with Crippen molar-refractivity contribution in [3.63, 3.8) is 0 Å². The zero-order chi connectivity index (χ0) is 19.2. The number of halogens is 1. The van der Waals surface area contributed by atoms with Gasteiger partial charge < -0.3 is 14.2 Å². The van der Waals surface area contributed by atoms with Crippen LogP contribution in [0.25, 0.3) is 11.3 Å². The highest BCUT2D eigenvalue weighted by atomic mass is 19.1. The summed E-state index contributed by atoms with van der Waals surface area (Å²) in [5.41, 5.74) is 1.54. The maximum Gasteiger partial charge on any atom is 0.309 e. The topological polar surface area (TPSA) is 72.6 Å². The normalized spacial score (nSPS) is 15.0. The summed E-state index contributed by atoms with van der Waals surface area (Å²) in [5.74, 6) is 0.00348. The van der Waals surface area contributed by atoms with E-state index in [-0.39, 0.29) is 23.6 Å². The number of carbonyl (C=O) groups excluding carboxylic acids is 2. The summed E-state index contributed by atoms with van der Waals surface area (Å²) in [6, 6.07) is 5.98. The van der Waals surface area contributed by atoms with Crippen LogP contribution in [0.15, 0.2) is 35.0 Å². The Morgan fingerprint density at radius 3 is 2.63 bits per heavy atom. The number of hydrogen-bond donors (Lipinski definition) is 0. The Hall–Kier alpha value is -2.70. The van der Waals surface area contributed by atoms with Gasteiger partial charge in [-0.1, -0.05) is 5.16 Å². The maximum atomic E-state index is 13.1. The van der Waals surface area contributed by atoms with Crippen LogP contribution in [-0.4, -0.2) is 41.6 Å². The Morgan fingerprint density at radius 1 is 1.26 bits per heavy atom. The highest BCUT2D eigenvalue weighted by molar-refractivity contribution is 5.78. The fraction of sp³-hybridized carbons (Fsp3) is 0.450. The van der Waals surface area contributed by atoms with Crippen LogP contribution in [0.2, 0.25) is 0 Å². The van der Waals surface area contributed by atoms with E-state index in [9.17, 15) is 14.0 Å². The first-order valence-electron chi connectivity index (χ1n) is 9.22. The zero-order valence-corrected chi connectivity index (χ0v) is 15.3. The molecule has 1 amide bonds. The van der Waals surface area contributed by atoms with Crippen molar-refractivity contribution in [3.05, 3.63) is 41.8 Å². The first-order valence-corrected chi connectivity index (χ1v) is 9.22. The largest absolute Gasteiger partial charge is 0.466 e. The third-order valence-corrected chi connectivity index (χ3v) is 4.83. The van der Waals surface area contributed by atoms with E-state index in [0.717, 1.165) is 11.1 Å². The lowest BCUT2D eigenvalue weighted by Crippen LogP contribution is -2.40. The number of aromatic nitrogens is 1. The monoisotopic (exact) mass is 374 g/mol. The highest BCUT2D eigenvalue weighted by Crippen LogP contribution is 2.25. The van der Waals surface area contributed by atoms with Gasteiger partial charge >= 0.3 is 5.97 Å². The minimum atomic E-state index is -0.318. The second kappa shape index (κ2) is 8.79. The van der Waals surface area contributed by atoms with Gasteiger partial charge in [-0.2, -0.15) is 0 Å². The van der Waals surface area contributed by atoms with Crippen molar-refractivity contribution in [3.8, 4) is 11.3 Å². The number of benzene rings is 1. The lowest BCUT2D eigenvalue weighted by atomic mass is 9.96. The van der Waals surface area contributed by atoms with Gasteiger partial charge in [0.15, 0.2) is 5.76 Å². The number of aryl methyl sites for hydroxylation is 1. The molecule has 0 radical (unpaired) electrons. The number of likely N-dealkylation sites (tertiary alicyclic amines) is 1. The number of carbonyl (C=O) groups is 2. The van der Waals surface area contributed by atoms with Crippen molar-refractivity contribution in [1.82, 2.24) is 10.1 Å². The van der Waals surface area contributed by atoms with Gasteiger partial charge in [-0.3, -0.25) is 9.59 Å². The van der Waals surface area contributed by atoms with Crippen molar-refractivity contribution in [1.29, 1.82) is 0 Å². The molecule has 0 unspecified atom stereocenters. The molecule has 3 rings (SSSR count). The zero-order valence-electron chi connectivity index (χ0n) is 15.3. The van der Waals surface area contributed by atoms with Crippen LogP contribution in [0.1, 0.15) is 31.7 Å². The number of esters is 1. The molecule has 1 aromatic heterocycles. The molecule has 1 aromatic carbocycles. The van der Waals surface area contributed by atoms with Crippen molar-refractivity contribution in [2.24, 2.45) is 5.92 Å². The molecule has 0 atom stereocenters. The van der Waals surface area contributed by atoms with E-state index in [1.807, 2.05) is 0 Å². The fourth-order valence-corrected chi connectivity index (χ4v) is 3.30. The molecule has 144 valence electrons. The minimum absolute atomic E-state index is 0.0450. The van der Waals surface area contributed by atoms with E-state index in [4.69, 9.17) is 9.26 Å². The number of hydrogen-bond acceptors (Lipinski definition) is 5. The van der Waals surface area contributed by atoms with Crippen molar-refractivity contribution in [2.45, 2.75) is 32.6 Å². The molecule has 6 nitrogen and oxygen atoms in total. The van der Waals surface area contributed by atoms with Crippen molar-refractivity contribution < 1.29 is 23.2 Å². The second-order valence-corrected chi connectivity index (χ2v) is 6.59. The molecule has 7 heteroatoms. The molecule has 2 heterocycles. The average molecular weight is 374 g/mol. The summed E-state index contributed by atoms with van der Waals surface area (Å²) in [5, 5.41) is 3.81. The molecule has 27 heavy (non-hydrogen) atoms. The maximum absolute atomic E-state index is 13.1. The number of piperidine rings is 1. The van der Waals surface area contributed by atoms with Crippen LogP contribution in [0.5, 0.6) is 0 Å². The molecule has 0 spiro atoms. The van der Waals surface area contributed by atoms with Crippen LogP contribution in [-0.2, 0) is 20.7 Å². The number of nitrogens with zero attached hydrogens (tertiary/aromatic N) is 2. The van der Waals surface area contributed by atoms with Gasteiger partial charge in [-0.15, -0.1) is 0 Å². The van der Waals surface area contributed by atoms with Crippen LogP contribution in [0.3, 0.4) is 0 Å². The van der Waals surface area contributed by atoms with Gasteiger partial charge in [0, 0.05) is 30.6 Å². The van der Waals surface area contributed by atoms with E-state index in [0.29, 0.717) is 51.1 Å². The molecule has 0 N–H and O–H groups in total. The molecule has 0 bridgehead atoms. The third-order valence-electron chi connectivity index (χ3n) is 4.83. The van der Waals surface area contributed by atoms with E-state index in [1.165, 1.54) is 12.1 Å². The van der Waals surface area contributed by atoms with Crippen LogP contribution in [0, 0.1) is 11.7 Å². The molecule has 0 aliphatic carbocycles. The van der Waals surface area contributed by atoms with E-state index in [1.54, 1.807) is 30.2 Å². The van der Waals surface area contributed by atoms with Gasteiger partial charge in [-0.25, -0.2) is 4.39 Å². The quantitative estimate of drug-likeness (QED) is 0.726. The highest BCUT2D eigenvalue weighted by Gasteiger charge is 2.28. The summed E-state index contributed by atoms with van der Waals surface area (Å²) in [6.45, 7) is 3.31. The Balaban J connectivity index is 1.53. The third kappa shape index (κ3) is 4.72. The van der Waals surface area contributed by atoms with Crippen molar-refractivity contribution >= 4 is 11.9 Å². The molecule has 1 aliphatic rings. The minimum Gasteiger partial charge on any atom is -0.466 e. The summed E-state index contributed by atoms with van der Waals surface area (Å²) < 4.78 is 23.4. The van der Waals surface area contributed by atoms with Gasteiger partial charge in [0.1, 0.15) is 5.82 Å². The Morgan fingerprint density at radius 2 is 1.96 bits per heavy atom. The molecule has 1 aliphatic heterocycles. The summed E-state index contributed by atoms with van der Waals surface area (Å²) >= 11 is 0. The number of rotatable bonds is 6. The van der Waals surface area contributed by atoms with Gasteiger partial charge in [0.25, 0.3) is 0 Å². The smallest absolute Gasteiger partial charge is 0.309 e. The standard InChI is InChI=1S/C20H23FN2O4/c1-2-26-20(25)15-9-11-23(12-10-15)18(24)8-5-16-13-22-27-19(16)14-3-6-17(21)7-4-14/h3-4,6-7,13,15H,2,5,8-12H2,1H3. The van der Waals surface area contributed by atoms with Gasteiger partial charge in [0.05, 0.1) is 18.7 Å². The van der Waals surface area contributed by atoms with Crippen LogP contribution in [0.4, 0.5) is 4.39 Å². The molecule has 0 saturated carbocycles. The Labute approximate surface area is 157 Å². The average Bonchev–Trinajstić information content (AvgIpc) is 3.15. The molecular weight excluding hydrogens is 351 g/mol. The van der Waals surface area contributed by atoms with E-state index < -0.39 is 0 Å². The van der Waals surface area contributed by atoms with Crippen LogP contribution >= 0.6 is 0 Å². The lowest BCUT2D eigenvalue weighted by molar-refractivity contribution is -0.151. The predicted octanol–water partition coefficient (Wildman–Crippen LogP) is 3.22. The summed E-state index contributed by atoms with van der Waals surface area (Å²) in [6.07, 6.45) is 3.70. The van der Waals surface area contributed by atoms with Crippen LogP contribution < -0.4 is 0 Å². The molecular formula is C20H23FN2O4. The number of ether oxygens (including phenoxy) is 1. The lowest BCUT2D eigenvalue weighted by Gasteiger charge is -2.31. The SMILES string of the molecule is CCOC(=O)C1CCN(C(=O)CCc2cnoc2-c2ccc(F)cc2)CC1. The van der Waals surface area contributed by atoms with Gasteiger partial charge in [-0.05, 0) is 50.5 Å². The second-order valence-electron chi connectivity index (χ2n) is 6.59. The summed E-state index contributed by atoms with van der Waals surface area (Å²) in [4.78, 5) is 26.1. The summed E-state index contributed by atoms with van der Waals surface area (Å²) in [7, 11) is 0. The molecule has 1 fully saturated rings. The molecule has 1 saturated heterocycles. The van der Waals surface area contributed by atoms with Crippen molar-refractivity contribution in [2.75, 3.05) is 19.7 Å². The Bertz CT molecular complexity index is 780. The fourth-order valence-electron chi connectivity index (χ4n) is 3.30. The van der Waals surface area contributed by atoms with Gasteiger partial charge in [0.2, 0.25) is 5.91 Å². The predicted molar refractivity (Wildman–Crippen MR) is 96.2 cm³/mol. The number of amides is 1.